The van der Waals surface area contributed by atoms with Crippen LogP contribution in [0.5, 0.6) is 0 Å². The van der Waals surface area contributed by atoms with Gasteiger partial charge in [0, 0.05) is 28.2 Å². The van der Waals surface area contributed by atoms with E-state index in [4.69, 9.17) is 11.6 Å². The number of carbonyl (C=O) groups excluding carboxylic acids is 1. The Morgan fingerprint density at radius 1 is 1.22 bits per heavy atom. The van der Waals surface area contributed by atoms with E-state index in [1.54, 1.807) is 40.0 Å². The number of rotatable bonds is 4. The van der Waals surface area contributed by atoms with Gasteiger partial charge in [-0.1, -0.05) is 0 Å². The summed E-state index contributed by atoms with van der Waals surface area (Å²) in [5.41, 5.74) is 0. The molecular formula is C10H17ClN6O. The Labute approximate surface area is 111 Å². The number of aromatic nitrogens is 3. The highest BCUT2D eigenvalue weighted by atomic mass is 35.5. The van der Waals surface area contributed by atoms with Gasteiger partial charge in [0.1, 0.15) is 6.04 Å². The second-order valence-electron chi connectivity index (χ2n) is 4.22. The average molecular weight is 273 g/mol. The Bertz CT molecular complexity index is 436. The molecule has 7 nitrogen and oxygen atoms in total. The number of hydrogen-bond acceptors (Lipinski definition) is 6. The first-order valence-electron chi connectivity index (χ1n) is 5.38. The van der Waals surface area contributed by atoms with Crippen LogP contribution in [0.2, 0.25) is 5.28 Å². The van der Waals surface area contributed by atoms with Crippen LogP contribution in [0, 0.1) is 0 Å². The smallest absolute Gasteiger partial charge is 0.244 e. The van der Waals surface area contributed by atoms with Crippen molar-refractivity contribution in [3.05, 3.63) is 5.28 Å². The molecule has 0 fully saturated rings. The molecular weight excluding hydrogens is 256 g/mol. The standard InChI is InChI=1S/C10H17ClN6O/c1-6(7(18)16(2)3)12-9-13-8(11)14-10(15-9)17(4)5/h6H,1-5H3,(H,12,13,14,15). The van der Waals surface area contributed by atoms with Crippen LogP contribution in [0.3, 0.4) is 0 Å². The van der Waals surface area contributed by atoms with Crippen LogP contribution in [0.1, 0.15) is 6.92 Å². The highest BCUT2D eigenvalue weighted by Gasteiger charge is 2.16. The number of halogens is 1. The van der Waals surface area contributed by atoms with E-state index in [2.05, 4.69) is 20.3 Å². The minimum absolute atomic E-state index is 0.0714. The van der Waals surface area contributed by atoms with Crippen molar-refractivity contribution >= 4 is 29.4 Å². The molecule has 0 saturated heterocycles. The number of nitrogens with zero attached hydrogens (tertiary/aromatic N) is 5. The van der Waals surface area contributed by atoms with Gasteiger partial charge in [-0.15, -0.1) is 0 Å². The quantitative estimate of drug-likeness (QED) is 0.859. The maximum atomic E-state index is 11.7. The number of likely N-dealkylation sites (N-methyl/N-ethyl adjacent to an activating group) is 1. The van der Waals surface area contributed by atoms with Gasteiger partial charge in [-0.2, -0.15) is 15.0 Å². The largest absolute Gasteiger partial charge is 0.347 e. The van der Waals surface area contributed by atoms with Crippen molar-refractivity contribution in [1.29, 1.82) is 0 Å². The Morgan fingerprint density at radius 3 is 2.33 bits per heavy atom. The molecule has 0 radical (unpaired) electrons. The van der Waals surface area contributed by atoms with Gasteiger partial charge in [-0.25, -0.2) is 0 Å². The van der Waals surface area contributed by atoms with Crippen LogP contribution >= 0.6 is 11.6 Å². The monoisotopic (exact) mass is 272 g/mol. The van der Waals surface area contributed by atoms with Gasteiger partial charge in [-0.05, 0) is 18.5 Å². The second kappa shape index (κ2) is 5.81. The van der Waals surface area contributed by atoms with Crippen molar-refractivity contribution in [1.82, 2.24) is 19.9 Å². The van der Waals surface area contributed by atoms with Gasteiger partial charge in [0.15, 0.2) is 0 Å². The van der Waals surface area contributed by atoms with Crippen molar-refractivity contribution in [3.8, 4) is 0 Å². The minimum atomic E-state index is -0.437. The van der Waals surface area contributed by atoms with Crippen molar-refractivity contribution in [3.63, 3.8) is 0 Å². The lowest BCUT2D eigenvalue weighted by Crippen LogP contribution is -2.37. The molecule has 8 heteroatoms. The fourth-order valence-electron chi connectivity index (χ4n) is 1.25. The Balaban J connectivity index is 2.87. The molecule has 0 aliphatic rings. The molecule has 1 N–H and O–H groups in total. The first-order valence-corrected chi connectivity index (χ1v) is 5.75. The second-order valence-corrected chi connectivity index (χ2v) is 4.56. The Kier molecular flexibility index (Phi) is 4.66. The first-order chi connectivity index (χ1) is 8.31. The molecule has 100 valence electrons. The number of anilines is 2. The lowest BCUT2D eigenvalue weighted by atomic mass is 10.3. The highest BCUT2D eigenvalue weighted by molar-refractivity contribution is 6.28. The molecule has 1 amide bonds. The molecule has 0 aliphatic heterocycles. The molecule has 1 aromatic heterocycles. The van der Waals surface area contributed by atoms with Crippen molar-refractivity contribution in [2.75, 3.05) is 38.4 Å². The van der Waals surface area contributed by atoms with Crippen molar-refractivity contribution in [2.24, 2.45) is 0 Å². The molecule has 0 spiro atoms. The van der Waals surface area contributed by atoms with Crippen LogP contribution in [-0.4, -0.2) is 60.0 Å². The van der Waals surface area contributed by atoms with Gasteiger partial charge in [0.2, 0.25) is 23.1 Å². The van der Waals surface area contributed by atoms with Gasteiger partial charge in [0.05, 0.1) is 0 Å². The van der Waals surface area contributed by atoms with E-state index >= 15 is 0 Å². The minimum Gasteiger partial charge on any atom is -0.347 e. The number of nitrogens with one attached hydrogen (secondary N) is 1. The number of hydrogen-bond donors (Lipinski definition) is 1. The van der Waals surface area contributed by atoms with E-state index in [9.17, 15) is 4.79 Å². The fourth-order valence-corrected chi connectivity index (χ4v) is 1.40. The van der Waals surface area contributed by atoms with Gasteiger partial charge < -0.3 is 15.1 Å². The normalized spacial score (nSPS) is 11.9. The summed E-state index contributed by atoms with van der Waals surface area (Å²) in [6, 6.07) is -0.437. The lowest BCUT2D eigenvalue weighted by Gasteiger charge is -2.18. The third-order valence-electron chi connectivity index (χ3n) is 2.15. The third kappa shape index (κ3) is 3.69. The van der Waals surface area contributed by atoms with E-state index in [1.807, 2.05) is 0 Å². The molecule has 1 aromatic rings. The summed E-state index contributed by atoms with van der Waals surface area (Å²) >= 11 is 5.80. The highest BCUT2D eigenvalue weighted by Crippen LogP contribution is 2.12. The zero-order chi connectivity index (χ0) is 13.9. The summed E-state index contributed by atoms with van der Waals surface area (Å²) in [5.74, 6) is 0.640. The number of amides is 1. The first kappa shape index (κ1) is 14.4. The topological polar surface area (TPSA) is 74.2 Å². The Hall–Kier alpha value is -1.63. The predicted octanol–water partition coefficient (Wildman–Crippen LogP) is 0.480. The summed E-state index contributed by atoms with van der Waals surface area (Å²) in [6.45, 7) is 1.73. The Morgan fingerprint density at radius 2 is 1.83 bits per heavy atom. The van der Waals surface area contributed by atoms with E-state index in [-0.39, 0.29) is 17.1 Å². The number of carbonyl (C=O) groups is 1. The molecule has 0 aromatic carbocycles. The van der Waals surface area contributed by atoms with Gasteiger partial charge in [0.25, 0.3) is 0 Å². The van der Waals surface area contributed by atoms with E-state index in [0.717, 1.165) is 0 Å². The maximum Gasteiger partial charge on any atom is 0.244 e. The zero-order valence-corrected chi connectivity index (χ0v) is 11.9. The zero-order valence-electron chi connectivity index (χ0n) is 11.1. The van der Waals surface area contributed by atoms with Crippen LogP contribution < -0.4 is 10.2 Å². The molecule has 18 heavy (non-hydrogen) atoms. The van der Waals surface area contributed by atoms with Crippen molar-refractivity contribution < 1.29 is 4.79 Å². The van der Waals surface area contributed by atoms with E-state index < -0.39 is 6.04 Å². The summed E-state index contributed by atoms with van der Waals surface area (Å²) in [6.07, 6.45) is 0. The van der Waals surface area contributed by atoms with E-state index in [1.165, 1.54) is 4.90 Å². The van der Waals surface area contributed by atoms with Gasteiger partial charge >= 0.3 is 0 Å². The summed E-state index contributed by atoms with van der Waals surface area (Å²) in [7, 11) is 6.96. The van der Waals surface area contributed by atoms with Crippen LogP contribution in [0.15, 0.2) is 0 Å². The summed E-state index contributed by atoms with van der Waals surface area (Å²) in [4.78, 5) is 26.9. The van der Waals surface area contributed by atoms with Gasteiger partial charge in [-0.3, -0.25) is 4.79 Å². The summed E-state index contributed by atoms with van der Waals surface area (Å²) in [5, 5.41) is 2.98. The average Bonchev–Trinajstić information content (AvgIpc) is 2.26. The van der Waals surface area contributed by atoms with Crippen molar-refractivity contribution in [2.45, 2.75) is 13.0 Å². The van der Waals surface area contributed by atoms with Crippen LogP contribution in [-0.2, 0) is 4.79 Å². The molecule has 0 saturated carbocycles. The molecule has 1 unspecified atom stereocenters. The SMILES string of the molecule is CC(Nc1nc(Cl)nc(N(C)C)n1)C(=O)N(C)C. The molecule has 0 aliphatic carbocycles. The molecule has 1 heterocycles. The maximum absolute atomic E-state index is 11.7. The molecule has 1 rings (SSSR count). The fraction of sp³-hybridized carbons (Fsp3) is 0.600. The van der Waals surface area contributed by atoms with E-state index in [0.29, 0.717) is 5.95 Å². The molecule has 1 atom stereocenters. The predicted molar refractivity (Wildman–Crippen MR) is 70.9 cm³/mol. The van der Waals surface area contributed by atoms with Crippen LogP contribution in [0.4, 0.5) is 11.9 Å². The molecule has 0 bridgehead atoms. The summed E-state index contributed by atoms with van der Waals surface area (Å²) < 4.78 is 0. The van der Waals surface area contributed by atoms with Crippen LogP contribution in [0.25, 0.3) is 0 Å². The lowest BCUT2D eigenvalue weighted by molar-refractivity contribution is -0.129. The third-order valence-corrected chi connectivity index (χ3v) is 2.32.